The molecule has 0 saturated heterocycles. The van der Waals surface area contributed by atoms with Crippen molar-refractivity contribution < 1.29 is 27.5 Å². The zero-order valence-corrected chi connectivity index (χ0v) is 25.1. The number of halogens is 2. The predicted octanol–water partition coefficient (Wildman–Crippen LogP) is 4.68. The fourth-order valence-corrected chi connectivity index (χ4v) is 5.92. The second-order valence-corrected chi connectivity index (χ2v) is 11.6. The summed E-state index contributed by atoms with van der Waals surface area (Å²) >= 11 is 12.8. The number of likely N-dealkylation sites (N-methyl/N-ethyl adjacent to an activating group) is 1. The molecule has 9 nitrogen and oxygen atoms in total. The predicted molar refractivity (Wildman–Crippen MR) is 156 cm³/mol. The first kappa shape index (κ1) is 31.1. The number of benzene rings is 3. The molecule has 0 saturated carbocycles. The van der Waals surface area contributed by atoms with Crippen molar-refractivity contribution in [3.63, 3.8) is 0 Å². The van der Waals surface area contributed by atoms with Gasteiger partial charge in [0.1, 0.15) is 24.1 Å². The number of anilines is 1. The Morgan fingerprint density at radius 2 is 1.60 bits per heavy atom. The molecule has 0 aromatic heterocycles. The van der Waals surface area contributed by atoms with E-state index in [0.29, 0.717) is 21.4 Å². The lowest BCUT2D eigenvalue weighted by Crippen LogP contribution is -2.50. The summed E-state index contributed by atoms with van der Waals surface area (Å²) in [5.41, 5.74) is 1.36. The van der Waals surface area contributed by atoms with E-state index in [9.17, 15) is 18.0 Å². The van der Waals surface area contributed by atoms with Crippen LogP contribution in [0.5, 0.6) is 11.5 Å². The molecule has 0 spiro atoms. The number of hydrogen-bond acceptors (Lipinski definition) is 6. The highest BCUT2D eigenvalue weighted by atomic mass is 35.5. The van der Waals surface area contributed by atoms with Crippen molar-refractivity contribution in [3.05, 3.63) is 81.8 Å². The number of sulfonamides is 1. The molecule has 1 atom stereocenters. The Morgan fingerprint density at radius 1 is 0.975 bits per heavy atom. The first-order valence-corrected chi connectivity index (χ1v) is 14.4. The lowest BCUT2D eigenvalue weighted by Gasteiger charge is -2.32. The molecule has 0 bridgehead atoms. The Hall–Kier alpha value is -3.47. The maximum Gasteiger partial charge on any atom is 0.264 e. The summed E-state index contributed by atoms with van der Waals surface area (Å²) < 4.78 is 39.8. The lowest BCUT2D eigenvalue weighted by molar-refractivity contribution is -0.139. The van der Waals surface area contributed by atoms with Gasteiger partial charge >= 0.3 is 0 Å². The van der Waals surface area contributed by atoms with Gasteiger partial charge in [0.15, 0.2) is 0 Å². The third-order valence-electron chi connectivity index (χ3n) is 6.35. The van der Waals surface area contributed by atoms with E-state index in [1.54, 1.807) is 42.5 Å². The summed E-state index contributed by atoms with van der Waals surface area (Å²) in [5, 5.41) is 3.13. The average Bonchev–Trinajstić information content (AvgIpc) is 2.94. The van der Waals surface area contributed by atoms with Crippen LogP contribution in [0.3, 0.4) is 0 Å². The van der Waals surface area contributed by atoms with Crippen molar-refractivity contribution >= 4 is 50.7 Å². The third-order valence-corrected chi connectivity index (χ3v) is 8.83. The molecule has 0 aliphatic carbocycles. The van der Waals surface area contributed by atoms with Gasteiger partial charge in [-0.2, -0.15) is 0 Å². The summed E-state index contributed by atoms with van der Waals surface area (Å²) in [6, 6.07) is 14.8. The van der Waals surface area contributed by atoms with Gasteiger partial charge in [0.25, 0.3) is 10.0 Å². The topological polar surface area (TPSA) is 105 Å². The van der Waals surface area contributed by atoms with E-state index in [-0.39, 0.29) is 22.9 Å². The number of carbonyl (C=O) groups excluding carboxylic acids is 2. The molecule has 0 heterocycles. The van der Waals surface area contributed by atoms with Crippen molar-refractivity contribution in [2.45, 2.75) is 31.3 Å². The molecule has 214 valence electrons. The largest absolute Gasteiger partial charge is 0.497 e. The van der Waals surface area contributed by atoms with E-state index in [0.717, 1.165) is 9.87 Å². The average molecular weight is 609 g/mol. The van der Waals surface area contributed by atoms with E-state index in [1.807, 2.05) is 6.92 Å². The number of aryl methyl sites for hydroxylation is 1. The molecular formula is C28H31Cl2N3O6S. The van der Waals surface area contributed by atoms with Crippen molar-refractivity contribution in [3.8, 4) is 11.5 Å². The van der Waals surface area contributed by atoms with E-state index >= 15 is 0 Å². The summed E-state index contributed by atoms with van der Waals surface area (Å²) in [6.45, 7) is 2.57. The van der Waals surface area contributed by atoms with Crippen LogP contribution in [0.25, 0.3) is 0 Å². The Kier molecular flexibility index (Phi) is 10.3. The van der Waals surface area contributed by atoms with Gasteiger partial charge in [-0.25, -0.2) is 8.42 Å². The first-order chi connectivity index (χ1) is 18.9. The minimum Gasteiger partial charge on any atom is -0.497 e. The van der Waals surface area contributed by atoms with Gasteiger partial charge in [-0.3, -0.25) is 13.9 Å². The normalized spacial score (nSPS) is 11.9. The molecule has 0 radical (unpaired) electrons. The summed E-state index contributed by atoms with van der Waals surface area (Å²) in [4.78, 5) is 27.9. The van der Waals surface area contributed by atoms with Gasteiger partial charge in [0, 0.05) is 35.3 Å². The number of nitrogens with zero attached hydrogens (tertiary/aromatic N) is 2. The van der Waals surface area contributed by atoms with Crippen LogP contribution in [0, 0.1) is 6.92 Å². The minimum absolute atomic E-state index is 0.0316. The molecule has 3 aromatic carbocycles. The monoisotopic (exact) mass is 607 g/mol. The summed E-state index contributed by atoms with van der Waals surface area (Å²) in [5.74, 6) is -0.578. The second kappa shape index (κ2) is 13.3. The number of hydrogen-bond donors (Lipinski definition) is 1. The van der Waals surface area contributed by atoms with Crippen LogP contribution >= 0.6 is 23.2 Å². The fourth-order valence-electron chi connectivity index (χ4n) is 3.99. The van der Waals surface area contributed by atoms with Gasteiger partial charge in [-0.1, -0.05) is 47.0 Å². The zero-order chi connectivity index (χ0) is 29.6. The molecule has 0 fully saturated rings. The molecular weight excluding hydrogens is 577 g/mol. The van der Waals surface area contributed by atoms with Crippen molar-refractivity contribution in [1.82, 2.24) is 10.2 Å². The van der Waals surface area contributed by atoms with E-state index in [2.05, 4.69) is 5.32 Å². The number of methoxy groups -OCH3 is 2. The maximum atomic E-state index is 14.0. The Labute approximate surface area is 244 Å². The SMILES string of the molecule is CNC(=O)[C@H](C)N(Cc1c(Cl)cccc1Cl)C(=O)CN(c1cc(OC)ccc1OC)S(=O)(=O)c1ccc(C)cc1. The zero-order valence-electron chi connectivity index (χ0n) is 22.8. The molecule has 0 unspecified atom stereocenters. The van der Waals surface area contributed by atoms with E-state index < -0.39 is 34.4 Å². The lowest BCUT2D eigenvalue weighted by atomic mass is 10.1. The Balaban J connectivity index is 2.16. The molecule has 2 amide bonds. The smallest absolute Gasteiger partial charge is 0.264 e. The number of amides is 2. The number of rotatable bonds is 11. The van der Waals surface area contributed by atoms with Crippen LogP contribution in [-0.2, 0) is 26.2 Å². The molecule has 40 heavy (non-hydrogen) atoms. The van der Waals surface area contributed by atoms with Crippen molar-refractivity contribution in [1.29, 1.82) is 0 Å². The summed E-state index contributed by atoms with van der Waals surface area (Å²) in [7, 11) is -0.0243. The van der Waals surface area contributed by atoms with Gasteiger partial charge in [0.05, 0.1) is 24.8 Å². The maximum absolute atomic E-state index is 14.0. The summed E-state index contributed by atoms with van der Waals surface area (Å²) in [6.07, 6.45) is 0. The van der Waals surface area contributed by atoms with Crippen LogP contribution in [-0.4, -0.2) is 59.0 Å². The highest BCUT2D eigenvalue weighted by Gasteiger charge is 2.34. The second-order valence-electron chi connectivity index (χ2n) is 8.87. The van der Waals surface area contributed by atoms with Crippen LogP contribution in [0.2, 0.25) is 10.0 Å². The van der Waals surface area contributed by atoms with Gasteiger partial charge in [-0.15, -0.1) is 0 Å². The molecule has 0 aliphatic heterocycles. The molecule has 0 aliphatic rings. The molecule has 3 rings (SSSR count). The van der Waals surface area contributed by atoms with Crippen LogP contribution in [0.15, 0.2) is 65.6 Å². The molecule has 3 aromatic rings. The number of carbonyl (C=O) groups is 2. The van der Waals surface area contributed by atoms with Crippen LogP contribution in [0.4, 0.5) is 5.69 Å². The molecule has 1 N–H and O–H groups in total. The first-order valence-electron chi connectivity index (χ1n) is 12.2. The van der Waals surface area contributed by atoms with Crippen molar-refractivity contribution in [2.24, 2.45) is 0 Å². The Morgan fingerprint density at radius 3 is 2.15 bits per heavy atom. The van der Waals surface area contributed by atoms with Gasteiger partial charge in [-0.05, 0) is 50.2 Å². The van der Waals surface area contributed by atoms with E-state index in [4.69, 9.17) is 32.7 Å². The highest BCUT2D eigenvalue weighted by Crippen LogP contribution is 2.36. The Bertz CT molecular complexity index is 1460. The van der Waals surface area contributed by atoms with Crippen molar-refractivity contribution in [2.75, 3.05) is 32.1 Å². The highest BCUT2D eigenvalue weighted by molar-refractivity contribution is 7.92. The minimum atomic E-state index is -4.30. The third kappa shape index (κ3) is 6.80. The molecule has 12 heteroatoms. The van der Waals surface area contributed by atoms with Gasteiger partial charge in [0.2, 0.25) is 11.8 Å². The number of nitrogens with one attached hydrogen (secondary N) is 1. The van der Waals surface area contributed by atoms with Crippen LogP contribution < -0.4 is 19.1 Å². The van der Waals surface area contributed by atoms with Gasteiger partial charge < -0.3 is 19.7 Å². The van der Waals surface area contributed by atoms with Crippen LogP contribution in [0.1, 0.15) is 18.1 Å². The fraction of sp³-hybridized carbons (Fsp3) is 0.286. The standard InChI is InChI=1S/C28H31Cl2N3O6S/c1-18-9-12-21(13-10-18)40(36,37)33(25-15-20(38-4)11-14-26(25)39-5)17-27(34)32(19(2)28(35)31-3)16-22-23(29)7-6-8-24(22)30/h6-15,19H,16-17H2,1-5H3,(H,31,35)/t19-/m0/s1. The number of ether oxygens (including phenoxy) is 2. The van der Waals surface area contributed by atoms with E-state index in [1.165, 1.54) is 51.3 Å². The quantitative estimate of drug-likeness (QED) is 0.339.